The van der Waals surface area contributed by atoms with Crippen molar-refractivity contribution in [3.05, 3.63) is 51.2 Å². The Hall–Kier alpha value is -2.74. The number of rotatable bonds is 2. The van der Waals surface area contributed by atoms with E-state index in [0.29, 0.717) is 23.0 Å². The Kier molecular flexibility index (Phi) is 4.68. The maximum Gasteiger partial charge on any atom is 0.573 e. The SMILES string of the molecule is N#Cc1cc(OC(F)(F)F)cc(Cl)c1-n1cnc(C(F)(F)F)cc1=O. The molecule has 0 N–H and O–H groups in total. The molecule has 0 fully saturated rings. The van der Waals surface area contributed by atoms with Gasteiger partial charge >= 0.3 is 12.5 Å². The lowest BCUT2D eigenvalue weighted by atomic mass is 10.1. The molecule has 0 aliphatic rings. The normalized spacial score (nSPS) is 11.9. The van der Waals surface area contributed by atoms with E-state index in [4.69, 9.17) is 16.9 Å². The molecule has 0 atom stereocenters. The molecule has 0 spiro atoms. The summed E-state index contributed by atoms with van der Waals surface area (Å²) in [7, 11) is 0. The first-order valence-corrected chi connectivity index (χ1v) is 6.46. The minimum Gasteiger partial charge on any atom is -0.406 e. The van der Waals surface area contributed by atoms with Crippen molar-refractivity contribution in [1.29, 1.82) is 5.26 Å². The predicted molar refractivity (Wildman–Crippen MR) is 71.2 cm³/mol. The average molecular weight is 384 g/mol. The number of benzene rings is 1. The first kappa shape index (κ1) is 18.6. The highest BCUT2D eigenvalue weighted by atomic mass is 35.5. The van der Waals surface area contributed by atoms with Crippen LogP contribution in [0.4, 0.5) is 26.3 Å². The van der Waals surface area contributed by atoms with Crippen LogP contribution in [-0.2, 0) is 6.18 Å². The van der Waals surface area contributed by atoms with Crippen LogP contribution in [0.2, 0.25) is 5.02 Å². The highest BCUT2D eigenvalue weighted by molar-refractivity contribution is 6.32. The van der Waals surface area contributed by atoms with Crippen molar-refractivity contribution in [1.82, 2.24) is 9.55 Å². The fourth-order valence-corrected chi connectivity index (χ4v) is 2.12. The van der Waals surface area contributed by atoms with Crippen LogP contribution in [0.15, 0.2) is 29.3 Å². The van der Waals surface area contributed by atoms with Gasteiger partial charge in [0.05, 0.1) is 16.3 Å². The number of hydrogen-bond acceptors (Lipinski definition) is 4. The van der Waals surface area contributed by atoms with Gasteiger partial charge in [0.2, 0.25) is 0 Å². The molecule has 12 heteroatoms. The minimum absolute atomic E-state index is 0.164. The van der Waals surface area contributed by atoms with Crippen LogP contribution in [0.5, 0.6) is 5.75 Å². The van der Waals surface area contributed by atoms with Crippen molar-refractivity contribution < 1.29 is 31.1 Å². The summed E-state index contributed by atoms with van der Waals surface area (Å²) >= 11 is 5.77. The summed E-state index contributed by atoms with van der Waals surface area (Å²) in [5.74, 6) is -0.828. The molecule has 1 aromatic heterocycles. The van der Waals surface area contributed by atoms with Gasteiger partial charge in [-0.1, -0.05) is 11.6 Å². The molecule has 1 heterocycles. The quantitative estimate of drug-likeness (QED) is 0.742. The first-order valence-electron chi connectivity index (χ1n) is 6.08. The monoisotopic (exact) mass is 383 g/mol. The smallest absolute Gasteiger partial charge is 0.406 e. The molecule has 2 rings (SSSR count). The van der Waals surface area contributed by atoms with Crippen LogP contribution < -0.4 is 10.3 Å². The first-order chi connectivity index (χ1) is 11.4. The largest absolute Gasteiger partial charge is 0.573 e. The van der Waals surface area contributed by atoms with Crippen LogP contribution in [0.25, 0.3) is 5.69 Å². The van der Waals surface area contributed by atoms with E-state index in [9.17, 15) is 31.1 Å². The van der Waals surface area contributed by atoms with Gasteiger partial charge in [-0.15, -0.1) is 13.2 Å². The number of aromatic nitrogens is 2. The molecular formula is C13H4ClF6N3O2. The predicted octanol–water partition coefficient (Wildman–Crippen LogP) is 3.67. The zero-order valence-electron chi connectivity index (χ0n) is 11.6. The molecule has 0 radical (unpaired) electrons. The summed E-state index contributed by atoms with van der Waals surface area (Å²) in [4.78, 5) is 14.9. The number of nitriles is 1. The van der Waals surface area contributed by atoms with Gasteiger partial charge in [-0.25, -0.2) is 4.98 Å². The lowest BCUT2D eigenvalue weighted by Gasteiger charge is -2.14. The number of halogens is 7. The molecule has 0 amide bonds. The third-order valence-electron chi connectivity index (χ3n) is 2.73. The van der Waals surface area contributed by atoms with Crippen molar-refractivity contribution in [3.8, 4) is 17.5 Å². The third kappa shape index (κ3) is 4.21. The van der Waals surface area contributed by atoms with Crippen molar-refractivity contribution in [2.45, 2.75) is 12.5 Å². The van der Waals surface area contributed by atoms with E-state index < -0.39 is 45.8 Å². The van der Waals surface area contributed by atoms with Crippen molar-refractivity contribution in [3.63, 3.8) is 0 Å². The van der Waals surface area contributed by atoms with Gasteiger partial charge in [0, 0.05) is 18.2 Å². The van der Waals surface area contributed by atoms with Crippen LogP contribution in [0.1, 0.15) is 11.3 Å². The Labute approximate surface area is 139 Å². The van der Waals surface area contributed by atoms with E-state index >= 15 is 0 Å². The van der Waals surface area contributed by atoms with Gasteiger partial charge in [-0.3, -0.25) is 9.36 Å². The maximum atomic E-state index is 12.5. The lowest BCUT2D eigenvalue weighted by molar-refractivity contribution is -0.274. The number of ether oxygens (including phenoxy) is 1. The zero-order chi connectivity index (χ0) is 19.0. The summed E-state index contributed by atoms with van der Waals surface area (Å²) < 4.78 is 78.4. The molecule has 0 saturated carbocycles. The Bertz CT molecular complexity index is 914. The molecule has 5 nitrogen and oxygen atoms in total. The highest BCUT2D eigenvalue weighted by Crippen LogP contribution is 2.32. The summed E-state index contributed by atoms with van der Waals surface area (Å²) in [6.45, 7) is 0. The fraction of sp³-hybridized carbons (Fsp3) is 0.154. The highest BCUT2D eigenvalue weighted by Gasteiger charge is 2.34. The van der Waals surface area contributed by atoms with Crippen molar-refractivity contribution in [2.75, 3.05) is 0 Å². The molecule has 0 saturated heterocycles. The molecule has 0 aliphatic heterocycles. The van der Waals surface area contributed by atoms with Gasteiger partial charge < -0.3 is 4.74 Å². The Morgan fingerprint density at radius 3 is 2.28 bits per heavy atom. The van der Waals surface area contributed by atoms with Crippen LogP contribution >= 0.6 is 11.6 Å². The number of hydrogen-bond donors (Lipinski definition) is 0. The molecular weight excluding hydrogens is 380 g/mol. The van der Waals surface area contributed by atoms with E-state index in [1.165, 1.54) is 6.07 Å². The van der Waals surface area contributed by atoms with E-state index in [0.717, 1.165) is 0 Å². The van der Waals surface area contributed by atoms with Crippen LogP contribution in [0, 0.1) is 11.3 Å². The molecule has 1 aromatic carbocycles. The number of alkyl halides is 6. The molecule has 0 bridgehead atoms. The second kappa shape index (κ2) is 6.29. The standard InChI is InChI=1S/C13H4ClF6N3O2/c14-8-2-7(25-13(18,19)20)1-6(4-21)11(8)23-5-22-9(3-10(23)24)12(15,16)17/h1-3,5H. The molecule has 132 valence electrons. The Morgan fingerprint density at radius 1 is 1.16 bits per heavy atom. The van der Waals surface area contributed by atoms with Gasteiger partial charge in [-0.2, -0.15) is 18.4 Å². The molecule has 2 aromatic rings. The molecule has 25 heavy (non-hydrogen) atoms. The van der Waals surface area contributed by atoms with E-state index in [1.54, 1.807) is 0 Å². The fourth-order valence-electron chi connectivity index (χ4n) is 1.82. The van der Waals surface area contributed by atoms with Crippen LogP contribution in [0.3, 0.4) is 0 Å². The maximum absolute atomic E-state index is 12.5. The Balaban J connectivity index is 2.61. The Morgan fingerprint density at radius 2 is 1.80 bits per heavy atom. The van der Waals surface area contributed by atoms with Crippen molar-refractivity contribution >= 4 is 11.6 Å². The van der Waals surface area contributed by atoms with Gasteiger partial charge in [0.25, 0.3) is 5.56 Å². The van der Waals surface area contributed by atoms with Gasteiger partial charge in [-0.05, 0) is 0 Å². The summed E-state index contributed by atoms with van der Waals surface area (Å²) in [6.07, 6.45) is -9.45. The molecule has 0 unspecified atom stereocenters. The second-order valence-corrected chi connectivity index (χ2v) is 4.85. The van der Waals surface area contributed by atoms with Crippen molar-refractivity contribution in [2.24, 2.45) is 0 Å². The van der Waals surface area contributed by atoms with Crippen LogP contribution in [-0.4, -0.2) is 15.9 Å². The topological polar surface area (TPSA) is 67.9 Å². The van der Waals surface area contributed by atoms with Gasteiger partial charge in [0.15, 0.2) is 5.69 Å². The zero-order valence-corrected chi connectivity index (χ0v) is 12.4. The average Bonchev–Trinajstić information content (AvgIpc) is 2.44. The van der Waals surface area contributed by atoms with E-state index in [2.05, 4.69) is 9.72 Å². The molecule has 0 aliphatic carbocycles. The second-order valence-electron chi connectivity index (χ2n) is 4.44. The third-order valence-corrected chi connectivity index (χ3v) is 3.02. The lowest BCUT2D eigenvalue weighted by Crippen LogP contribution is -2.23. The van der Waals surface area contributed by atoms with Gasteiger partial charge in [0.1, 0.15) is 18.1 Å². The summed E-state index contributed by atoms with van der Waals surface area (Å²) in [5.41, 5.74) is -3.66. The minimum atomic E-state index is -5.05. The number of nitrogens with zero attached hydrogens (tertiary/aromatic N) is 3. The summed E-state index contributed by atoms with van der Waals surface area (Å²) in [6, 6.07) is 2.96. The van der Waals surface area contributed by atoms with E-state index in [-0.39, 0.29) is 6.07 Å². The summed E-state index contributed by atoms with van der Waals surface area (Å²) in [5, 5.41) is 8.51. The van der Waals surface area contributed by atoms with E-state index in [1.807, 2.05) is 0 Å².